The zero-order valence-electron chi connectivity index (χ0n) is 8.78. The quantitative estimate of drug-likeness (QED) is 0.861. The number of nitrogens with one attached hydrogen (secondary N) is 1. The van der Waals surface area contributed by atoms with Gasteiger partial charge in [-0.25, -0.2) is 4.98 Å². The minimum Gasteiger partial charge on any atom is -0.303 e. The summed E-state index contributed by atoms with van der Waals surface area (Å²) in [5.41, 5.74) is 0. The fraction of sp³-hybridized carbons (Fsp3) is 0.700. The van der Waals surface area contributed by atoms with Crippen molar-refractivity contribution in [1.29, 1.82) is 0 Å². The largest absolute Gasteiger partial charge is 0.303 e. The summed E-state index contributed by atoms with van der Waals surface area (Å²) >= 11 is 3.76. The molecule has 0 amide bonds. The second kappa shape index (κ2) is 3.83. The Bertz CT molecular complexity index is 295. The fourth-order valence-corrected chi connectivity index (χ4v) is 3.39. The predicted octanol–water partition coefficient (Wildman–Crippen LogP) is 2.69. The Morgan fingerprint density at radius 2 is 2.43 bits per heavy atom. The molecule has 2 rings (SSSR count). The zero-order valence-corrected chi connectivity index (χ0v) is 10.4. The van der Waals surface area contributed by atoms with Crippen molar-refractivity contribution in [3.05, 3.63) is 16.6 Å². The minimum atomic E-state index is 0.389. The fourth-order valence-electron chi connectivity index (χ4n) is 1.57. The lowest BCUT2D eigenvalue weighted by molar-refractivity contribution is 0.396. The molecule has 2 heterocycles. The van der Waals surface area contributed by atoms with Crippen LogP contribution in [-0.2, 0) is 0 Å². The van der Waals surface area contributed by atoms with Gasteiger partial charge in [0, 0.05) is 28.1 Å². The zero-order chi connectivity index (χ0) is 10.2. The first kappa shape index (κ1) is 10.5. The molecule has 78 valence electrons. The lowest BCUT2D eigenvalue weighted by atomic mass is 10.0. The highest BCUT2D eigenvalue weighted by Crippen LogP contribution is 2.40. The van der Waals surface area contributed by atoms with Crippen molar-refractivity contribution in [2.75, 3.05) is 5.75 Å². The van der Waals surface area contributed by atoms with Gasteiger partial charge >= 0.3 is 0 Å². The standard InChI is InChI=1S/C10H16N2S2/c1-7(9-11-4-5-13-9)12-8-6-14-10(8,2)3/h4-5,7-8,12H,6H2,1-3H3. The Hall–Kier alpha value is -0.0600. The van der Waals surface area contributed by atoms with E-state index in [1.807, 2.05) is 23.3 Å². The summed E-state index contributed by atoms with van der Waals surface area (Å²) < 4.78 is 0.394. The van der Waals surface area contributed by atoms with Crippen molar-refractivity contribution in [3.8, 4) is 0 Å². The topological polar surface area (TPSA) is 24.9 Å². The molecule has 0 aromatic carbocycles. The highest BCUT2D eigenvalue weighted by molar-refractivity contribution is 8.02. The highest BCUT2D eigenvalue weighted by atomic mass is 32.2. The number of hydrogen-bond donors (Lipinski definition) is 1. The Morgan fingerprint density at radius 3 is 2.86 bits per heavy atom. The first-order chi connectivity index (χ1) is 6.59. The number of hydrogen-bond acceptors (Lipinski definition) is 4. The third-order valence-electron chi connectivity index (χ3n) is 2.73. The van der Waals surface area contributed by atoms with Crippen LogP contribution in [-0.4, -0.2) is 21.5 Å². The highest BCUT2D eigenvalue weighted by Gasteiger charge is 2.40. The van der Waals surface area contributed by atoms with Gasteiger partial charge in [0.1, 0.15) is 5.01 Å². The minimum absolute atomic E-state index is 0.389. The monoisotopic (exact) mass is 228 g/mol. The summed E-state index contributed by atoms with van der Waals surface area (Å²) in [5, 5.41) is 6.86. The van der Waals surface area contributed by atoms with Crippen LogP contribution < -0.4 is 5.32 Å². The molecular weight excluding hydrogens is 212 g/mol. The SMILES string of the molecule is CC(NC1CSC1(C)C)c1nccs1. The summed E-state index contributed by atoms with van der Waals surface area (Å²) in [7, 11) is 0. The van der Waals surface area contributed by atoms with Gasteiger partial charge in [-0.15, -0.1) is 11.3 Å². The summed E-state index contributed by atoms with van der Waals surface area (Å²) in [4.78, 5) is 4.32. The second-order valence-corrected chi connectivity index (χ2v) is 6.83. The van der Waals surface area contributed by atoms with Crippen LogP contribution in [0, 0.1) is 0 Å². The molecule has 0 radical (unpaired) electrons. The lowest BCUT2D eigenvalue weighted by Gasteiger charge is -2.45. The molecule has 0 spiro atoms. The maximum absolute atomic E-state index is 4.32. The van der Waals surface area contributed by atoms with Gasteiger partial charge in [-0.1, -0.05) is 0 Å². The van der Waals surface area contributed by atoms with Crippen LogP contribution in [0.5, 0.6) is 0 Å². The molecule has 0 saturated carbocycles. The Kier molecular flexibility index (Phi) is 2.86. The van der Waals surface area contributed by atoms with Crippen LogP contribution in [0.1, 0.15) is 31.8 Å². The van der Waals surface area contributed by atoms with Gasteiger partial charge in [0.05, 0.1) is 6.04 Å². The smallest absolute Gasteiger partial charge is 0.109 e. The Balaban J connectivity index is 1.92. The molecule has 1 aromatic heterocycles. The molecule has 2 nitrogen and oxygen atoms in total. The van der Waals surface area contributed by atoms with Gasteiger partial charge in [0.25, 0.3) is 0 Å². The summed E-state index contributed by atoms with van der Waals surface area (Å²) in [6.45, 7) is 6.79. The van der Waals surface area contributed by atoms with Crippen LogP contribution in [0.4, 0.5) is 0 Å². The van der Waals surface area contributed by atoms with Crippen LogP contribution in [0.15, 0.2) is 11.6 Å². The van der Waals surface area contributed by atoms with E-state index in [9.17, 15) is 0 Å². The third-order valence-corrected chi connectivity index (χ3v) is 5.22. The molecule has 0 bridgehead atoms. The van der Waals surface area contributed by atoms with E-state index in [1.165, 1.54) is 10.8 Å². The normalized spacial score (nSPS) is 26.9. The van der Waals surface area contributed by atoms with Crippen LogP contribution in [0.3, 0.4) is 0 Å². The molecule has 0 aliphatic carbocycles. The molecule has 1 N–H and O–H groups in total. The number of thiazole rings is 1. The predicted molar refractivity (Wildman–Crippen MR) is 64.0 cm³/mol. The van der Waals surface area contributed by atoms with Gasteiger partial charge in [-0.2, -0.15) is 11.8 Å². The first-order valence-electron chi connectivity index (χ1n) is 4.89. The van der Waals surface area contributed by atoms with Crippen molar-refractivity contribution in [2.24, 2.45) is 0 Å². The van der Waals surface area contributed by atoms with Crippen LogP contribution >= 0.6 is 23.1 Å². The van der Waals surface area contributed by atoms with Gasteiger partial charge in [-0.05, 0) is 20.8 Å². The van der Waals surface area contributed by atoms with Gasteiger partial charge < -0.3 is 5.32 Å². The molecular formula is C10H16N2S2. The third kappa shape index (κ3) is 1.97. The van der Waals surface area contributed by atoms with Crippen LogP contribution in [0.25, 0.3) is 0 Å². The van der Waals surface area contributed by atoms with Gasteiger partial charge in [0.2, 0.25) is 0 Å². The van der Waals surface area contributed by atoms with E-state index in [0.717, 1.165) is 0 Å². The number of aromatic nitrogens is 1. The lowest BCUT2D eigenvalue weighted by Crippen LogP contribution is -2.55. The second-order valence-electron chi connectivity index (χ2n) is 4.23. The number of thioether (sulfide) groups is 1. The maximum atomic E-state index is 4.32. The molecule has 1 fully saturated rings. The van der Waals surface area contributed by atoms with Gasteiger partial charge in [-0.3, -0.25) is 0 Å². The molecule has 1 saturated heterocycles. The molecule has 1 aromatic rings. The Labute approximate surface area is 93.5 Å². The van der Waals surface area contributed by atoms with Crippen molar-refractivity contribution in [3.63, 3.8) is 0 Å². The van der Waals surface area contributed by atoms with E-state index in [1.54, 1.807) is 11.3 Å². The molecule has 14 heavy (non-hydrogen) atoms. The van der Waals surface area contributed by atoms with E-state index >= 15 is 0 Å². The van der Waals surface area contributed by atoms with E-state index < -0.39 is 0 Å². The number of rotatable bonds is 3. The molecule has 1 aliphatic rings. The van der Waals surface area contributed by atoms with Crippen molar-refractivity contribution >= 4 is 23.1 Å². The molecule has 2 atom stereocenters. The first-order valence-corrected chi connectivity index (χ1v) is 6.75. The van der Waals surface area contributed by atoms with E-state index in [2.05, 4.69) is 31.1 Å². The van der Waals surface area contributed by atoms with E-state index in [0.29, 0.717) is 16.8 Å². The summed E-state index contributed by atoms with van der Waals surface area (Å²) in [6, 6.07) is 1.02. The van der Waals surface area contributed by atoms with Crippen molar-refractivity contribution in [1.82, 2.24) is 10.3 Å². The van der Waals surface area contributed by atoms with Gasteiger partial charge in [0.15, 0.2) is 0 Å². The maximum Gasteiger partial charge on any atom is 0.109 e. The van der Waals surface area contributed by atoms with E-state index in [4.69, 9.17) is 0 Å². The van der Waals surface area contributed by atoms with E-state index in [-0.39, 0.29) is 0 Å². The Morgan fingerprint density at radius 1 is 1.64 bits per heavy atom. The molecule has 2 unspecified atom stereocenters. The number of nitrogens with zero attached hydrogens (tertiary/aromatic N) is 1. The summed E-state index contributed by atoms with van der Waals surface area (Å²) in [5.74, 6) is 1.22. The average molecular weight is 228 g/mol. The summed E-state index contributed by atoms with van der Waals surface area (Å²) in [6.07, 6.45) is 1.87. The molecule has 4 heteroatoms. The average Bonchev–Trinajstić information content (AvgIpc) is 2.65. The van der Waals surface area contributed by atoms with Crippen LogP contribution in [0.2, 0.25) is 0 Å². The molecule has 1 aliphatic heterocycles. The van der Waals surface area contributed by atoms with Crippen molar-refractivity contribution < 1.29 is 0 Å². The van der Waals surface area contributed by atoms with Crippen molar-refractivity contribution in [2.45, 2.75) is 37.6 Å².